The number of aryl methyl sites for hydroxylation is 2. The highest BCUT2D eigenvalue weighted by Gasteiger charge is 2.43. The molecule has 2 aliphatic heterocycles. The van der Waals surface area contributed by atoms with Crippen molar-refractivity contribution in [3.05, 3.63) is 41.3 Å². The van der Waals surface area contributed by atoms with Crippen molar-refractivity contribution in [2.45, 2.75) is 32.7 Å². The molecule has 1 aromatic heterocycles. The van der Waals surface area contributed by atoms with Crippen molar-refractivity contribution < 1.29 is 17.7 Å². The van der Waals surface area contributed by atoms with E-state index in [0.29, 0.717) is 54.3 Å². The van der Waals surface area contributed by atoms with Crippen molar-refractivity contribution in [1.29, 1.82) is 0 Å². The Balaban J connectivity index is 1.54. The first-order chi connectivity index (χ1) is 12.8. The van der Waals surface area contributed by atoms with Gasteiger partial charge < -0.3 is 9.42 Å². The third-order valence-corrected chi connectivity index (χ3v) is 7.26. The van der Waals surface area contributed by atoms with Gasteiger partial charge in [0.1, 0.15) is 11.3 Å². The van der Waals surface area contributed by atoms with Crippen LogP contribution in [0.5, 0.6) is 0 Å². The van der Waals surface area contributed by atoms with E-state index in [-0.39, 0.29) is 11.9 Å². The number of piperidine rings is 1. The molecular formula is C18H22N4O4S. The lowest BCUT2D eigenvalue weighted by atomic mass is 10.0. The van der Waals surface area contributed by atoms with E-state index in [1.165, 1.54) is 8.61 Å². The van der Waals surface area contributed by atoms with Gasteiger partial charge in [-0.1, -0.05) is 17.3 Å². The third kappa shape index (κ3) is 2.68. The minimum absolute atomic E-state index is 0.105. The van der Waals surface area contributed by atoms with E-state index in [0.717, 1.165) is 0 Å². The maximum absolute atomic E-state index is 12.9. The molecule has 0 spiro atoms. The van der Waals surface area contributed by atoms with Crippen LogP contribution in [0, 0.1) is 13.8 Å². The van der Waals surface area contributed by atoms with Gasteiger partial charge in [0.05, 0.1) is 23.1 Å². The minimum atomic E-state index is -3.58. The second kappa shape index (κ2) is 6.26. The van der Waals surface area contributed by atoms with Crippen LogP contribution in [0.15, 0.2) is 28.8 Å². The van der Waals surface area contributed by atoms with Crippen molar-refractivity contribution in [2.24, 2.45) is 0 Å². The zero-order valence-electron chi connectivity index (χ0n) is 15.5. The fourth-order valence-corrected chi connectivity index (χ4v) is 5.59. The molecule has 0 aliphatic carbocycles. The van der Waals surface area contributed by atoms with Crippen LogP contribution in [-0.2, 0) is 10.2 Å². The number of rotatable bonds is 2. The molecule has 27 heavy (non-hydrogen) atoms. The number of hydrogen-bond acceptors (Lipinski definition) is 5. The van der Waals surface area contributed by atoms with Crippen molar-refractivity contribution >= 4 is 27.5 Å². The number of likely N-dealkylation sites (tertiary alicyclic amines) is 1. The normalized spacial score (nSPS) is 19.4. The fraction of sp³-hybridized carbons (Fsp3) is 0.444. The van der Waals surface area contributed by atoms with Gasteiger partial charge in [-0.05, 0) is 38.8 Å². The largest absolute Gasteiger partial charge is 0.361 e. The molecule has 2 aromatic rings. The molecule has 3 heterocycles. The molecule has 9 heteroatoms. The van der Waals surface area contributed by atoms with Gasteiger partial charge >= 0.3 is 10.2 Å². The first-order valence-corrected chi connectivity index (χ1v) is 10.3. The Morgan fingerprint density at radius 1 is 1.15 bits per heavy atom. The molecule has 0 bridgehead atoms. The summed E-state index contributed by atoms with van der Waals surface area (Å²) >= 11 is 0. The Hall–Kier alpha value is -2.55. The number of benzene rings is 1. The van der Waals surface area contributed by atoms with Gasteiger partial charge in [0, 0.05) is 20.1 Å². The highest BCUT2D eigenvalue weighted by molar-refractivity contribution is 7.94. The number of carbonyl (C=O) groups excluding carboxylic acids is 1. The molecule has 0 unspecified atom stereocenters. The highest BCUT2D eigenvalue weighted by Crippen LogP contribution is 2.42. The molecule has 1 fully saturated rings. The Labute approximate surface area is 158 Å². The summed E-state index contributed by atoms with van der Waals surface area (Å²) in [4.78, 5) is 14.5. The third-order valence-electron chi connectivity index (χ3n) is 5.38. The summed E-state index contributed by atoms with van der Waals surface area (Å²) < 4.78 is 33.7. The number of para-hydroxylation sites is 2. The number of anilines is 2. The van der Waals surface area contributed by atoms with E-state index in [2.05, 4.69) is 5.16 Å². The number of nitrogens with zero attached hydrogens (tertiary/aromatic N) is 4. The SMILES string of the molecule is Cc1noc(C)c1C(=O)N1CCC(N2c3ccccc3N(C)S2(=O)=O)CC1. The number of carbonyl (C=O) groups is 1. The maximum atomic E-state index is 12.9. The second-order valence-corrected chi connectivity index (χ2v) is 8.82. The number of amides is 1. The predicted octanol–water partition coefficient (Wildman–Crippen LogP) is 2.10. The topological polar surface area (TPSA) is 87.0 Å². The van der Waals surface area contributed by atoms with Gasteiger partial charge in [-0.15, -0.1) is 0 Å². The van der Waals surface area contributed by atoms with E-state index in [1.807, 2.05) is 24.3 Å². The van der Waals surface area contributed by atoms with Crippen LogP contribution in [0.3, 0.4) is 0 Å². The van der Waals surface area contributed by atoms with Crippen LogP contribution in [0.1, 0.15) is 34.7 Å². The van der Waals surface area contributed by atoms with Crippen LogP contribution in [0.2, 0.25) is 0 Å². The van der Waals surface area contributed by atoms with Gasteiger partial charge in [-0.25, -0.2) is 4.31 Å². The lowest BCUT2D eigenvalue weighted by Gasteiger charge is -2.36. The first-order valence-electron chi connectivity index (χ1n) is 8.92. The second-order valence-electron chi connectivity index (χ2n) is 6.98. The van der Waals surface area contributed by atoms with E-state index >= 15 is 0 Å². The molecule has 1 aromatic carbocycles. The van der Waals surface area contributed by atoms with Crippen LogP contribution < -0.4 is 8.61 Å². The zero-order chi connectivity index (χ0) is 19.3. The Kier molecular flexibility index (Phi) is 4.14. The molecule has 144 valence electrons. The van der Waals surface area contributed by atoms with Crippen LogP contribution in [0.4, 0.5) is 11.4 Å². The summed E-state index contributed by atoms with van der Waals surface area (Å²) in [6.45, 7) is 4.46. The molecule has 0 N–H and O–H groups in total. The molecule has 1 amide bonds. The summed E-state index contributed by atoms with van der Waals surface area (Å²) in [6, 6.07) is 7.14. The molecule has 8 nitrogen and oxygen atoms in total. The summed E-state index contributed by atoms with van der Waals surface area (Å²) in [6.07, 6.45) is 1.16. The van der Waals surface area contributed by atoms with Gasteiger partial charge in [-0.2, -0.15) is 8.42 Å². The Bertz CT molecular complexity index is 973. The van der Waals surface area contributed by atoms with E-state index in [9.17, 15) is 13.2 Å². The van der Waals surface area contributed by atoms with Crippen LogP contribution in [-0.4, -0.2) is 50.6 Å². The molecule has 0 radical (unpaired) electrons. The summed E-state index contributed by atoms with van der Waals surface area (Å²) in [5.74, 6) is 0.406. The molecule has 2 aliphatic rings. The van der Waals surface area contributed by atoms with E-state index < -0.39 is 10.2 Å². The van der Waals surface area contributed by atoms with E-state index in [1.54, 1.807) is 25.8 Å². The van der Waals surface area contributed by atoms with E-state index in [4.69, 9.17) is 4.52 Å². The molecular weight excluding hydrogens is 368 g/mol. The van der Waals surface area contributed by atoms with Crippen molar-refractivity contribution in [3.63, 3.8) is 0 Å². The molecule has 0 saturated carbocycles. The first kappa shape index (κ1) is 17.8. The molecule has 4 rings (SSSR count). The summed E-state index contributed by atoms with van der Waals surface area (Å²) in [7, 11) is -2.01. The molecule has 1 saturated heterocycles. The average Bonchev–Trinajstić information content (AvgIpc) is 3.09. The summed E-state index contributed by atoms with van der Waals surface area (Å²) in [5, 5.41) is 3.85. The Morgan fingerprint density at radius 3 is 2.37 bits per heavy atom. The number of hydrogen-bond donors (Lipinski definition) is 0. The lowest BCUT2D eigenvalue weighted by molar-refractivity contribution is 0.0713. The predicted molar refractivity (Wildman–Crippen MR) is 101 cm³/mol. The maximum Gasteiger partial charge on any atom is 0.326 e. The zero-order valence-corrected chi connectivity index (χ0v) is 16.4. The number of fused-ring (bicyclic) bond motifs is 1. The highest BCUT2D eigenvalue weighted by atomic mass is 32.2. The number of aromatic nitrogens is 1. The van der Waals surface area contributed by atoms with Gasteiger partial charge in [0.25, 0.3) is 5.91 Å². The smallest absolute Gasteiger partial charge is 0.326 e. The quantitative estimate of drug-likeness (QED) is 0.784. The van der Waals surface area contributed by atoms with Gasteiger partial charge in [0.2, 0.25) is 0 Å². The lowest BCUT2D eigenvalue weighted by Crippen LogP contribution is -2.49. The molecule has 0 atom stereocenters. The van der Waals surface area contributed by atoms with Crippen LogP contribution in [0.25, 0.3) is 0 Å². The average molecular weight is 390 g/mol. The Morgan fingerprint density at radius 2 is 1.78 bits per heavy atom. The summed E-state index contributed by atoms with van der Waals surface area (Å²) in [5.41, 5.74) is 2.48. The van der Waals surface area contributed by atoms with Gasteiger partial charge in [0.15, 0.2) is 0 Å². The van der Waals surface area contributed by atoms with Crippen molar-refractivity contribution in [2.75, 3.05) is 28.7 Å². The standard InChI is InChI=1S/C18H22N4O4S/c1-12-17(13(2)26-19-12)18(23)21-10-8-14(9-11-21)22-16-7-5-4-6-15(16)20(3)27(22,24)25/h4-7,14H,8-11H2,1-3H3. The van der Waals surface area contributed by atoms with Crippen molar-refractivity contribution in [3.8, 4) is 0 Å². The van der Waals surface area contributed by atoms with Gasteiger partial charge in [-0.3, -0.25) is 9.10 Å². The monoisotopic (exact) mass is 390 g/mol. The van der Waals surface area contributed by atoms with Crippen LogP contribution >= 0.6 is 0 Å². The minimum Gasteiger partial charge on any atom is -0.361 e. The fourth-order valence-electron chi connectivity index (χ4n) is 3.93. The van der Waals surface area contributed by atoms with Crippen molar-refractivity contribution in [1.82, 2.24) is 10.1 Å².